The van der Waals surface area contributed by atoms with E-state index in [2.05, 4.69) is 6.58 Å². The summed E-state index contributed by atoms with van der Waals surface area (Å²) < 4.78 is 27.6. The number of rotatable bonds is 3. The Morgan fingerprint density at radius 1 is 1.42 bits per heavy atom. The highest BCUT2D eigenvalue weighted by Gasteiger charge is 1.98. The van der Waals surface area contributed by atoms with Gasteiger partial charge >= 0.3 is 0 Å². The van der Waals surface area contributed by atoms with Crippen molar-refractivity contribution in [1.29, 1.82) is 0 Å². The Morgan fingerprint density at radius 3 is 1.75 bits per heavy atom. The minimum Gasteiger partial charge on any atom is -0.513 e. The van der Waals surface area contributed by atoms with Crippen molar-refractivity contribution in [1.82, 2.24) is 0 Å². The topological polar surface area (TPSA) is 74.6 Å². The first-order chi connectivity index (χ1) is 5.33. The van der Waals surface area contributed by atoms with E-state index in [-0.39, 0.29) is 11.5 Å². The molecule has 0 bridgehead atoms. The van der Waals surface area contributed by atoms with Crippen LogP contribution < -0.4 is 0 Å². The van der Waals surface area contributed by atoms with Crippen LogP contribution in [0.25, 0.3) is 0 Å². The highest BCUT2D eigenvalue weighted by atomic mass is 32.2. The predicted molar refractivity (Wildman–Crippen MR) is 48.8 cm³/mol. The zero-order valence-electron chi connectivity index (χ0n) is 7.45. The number of aliphatic hydroxyl groups excluding tert-OH is 1. The standard InChI is InChI=1S/C4H8O.C3H8O3S/c1-3-4(2)5;1-2-3-7(4,5)6/h5H,2-3H2,1H3;2-3H2,1H3,(H,4,5,6). The lowest BCUT2D eigenvalue weighted by molar-refractivity contribution is 0.397. The summed E-state index contributed by atoms with van der Waals surface area (Å²) in [5.74, 6) is 0.123. The Hall–Kier alpha value is -0.550. The molecule has 0 aromatic carbocycles. The second kappa shape index (κ2) is 7.12. The summed E-state index contributed by atoms with van der Waals surface area (Å²) in [4.78, 5) is 0. The number of hydrogen-bond acceptors (Lipinski definition) is 3. The summed E-state index contributed by atoms with van der Waals surface area (Å²) in [6.45, 7) is 6.77. The molecule has 2 N–H and O–H groups in total. The van der Waals surface area contributed by atoms with Gasteiger partial charge in [-0.1, -0.05) is 20.4 Å². The Balaban J connectivity index is 0. The Labute approximate surface area is 73.7 Å². The molecule has 0 spiro atoms. The van der Waals surface area contributed by atoms with Crippen molar-refractivity contribution in [2.24, 2.45) is 0 Å². The molecule has 0 unspecified atom stereocenters. The van der Waals surface area contributed by atoms with Crippen LogP contribution in [-0.2, 0) is 10.1 Å². The Bertz CT molecular complexity index is 205. The Morgan fingerprint density at radius 2 is 1.75 bits per heavy atom. The molecule has 0 aliphatic carbocycles. The highest BCUT2D eigenvalue weighted by Crippen LogP contribution is 1.84. The number of allylic oxidation sites excluding steroid dienone is 1. The quantitative estimate of drug-likeness (QED) is 0.532. The van der Waals surface area contributed by atoms with Crippen molar-refractivity contribution in [2.75, 3.05) is 5.75 Å². The zero-order chi connectivity index (χ0) is 10.2. The molecule has 0 heterocycles. The molecule has 0 fully saturated rings. The number of aliphatic hydroxyl groups is 1. The van der Waals surface area contributed by atoms with E-state index in [4.69, 9.17) is 9.66 Å². The lowest BCUT2D eigenvalue weighted by Crippen LogP contribution is -2.01. The third-order valence-electron chi connectivity index (χ3n) is 0.870. The van der Waals surface area contributed by atoms with Crippen LogP contribution in [0.1, 0.15) is 26.7 Å². The monoisotopic (exact) mass is 196 g/mol. The van der Waals surface area contributed by atoms with Crippen LogP contribution in [0.3, 0.4) is 0 Å². The van der Waals surface area contributed by atoms with Gasteiger partial charge in [0.2, 0.25) is 0 Å². The molecule has 0 saturated heterocycles. The van der Waals surface area contributed by atoms with E-state index in [0.29, 0.717) is 12.8 Å². The molecule has 0 atom stereocenters. The maximum absolute atomic E-state index is 9.79. The molecular formula is C7H16O4S. The van der Waals surface area contributed by atoms with Crippen LogP contribution in [0, 0.1) is 0 Å². The first-order valence-electron chi connectivity index (χ1n) is 3.65. The lowest BCUT2D eigenvalue weighted by Gasteiger charge is -1.85. The molecule has 74 valence electrons. The van der Waals surface area contributed by atoms with Crippen LogP contribution in [0.2, 0.25) is 0 Å². The van der Waals surface area contributed by atoms with Crippen LogP contribution in [0.5, 0.6) is 0 Å². The minimum absolute atomic E-state index is 0.132. The van der Waals surface area contributed by atoms with Crippen molar-refractivity contribution in [2.45, 2.75) is 26.7 Å². The number of hydrogen-bond donors (Lipinski definition) is 2. The summed E-state index contributed by atoms with van der Waals surface area (Å²) in [6, 6.07) is 0. The van der Waals surface area contributed by atoms with Crippen molar-refractivity contribution in [3.05, 3.63) is 12.3 Å². The molecule has 0 aliphatic rings. The molecule has 0 saturated carbocycles. The average Bonchev–Trinajstić information content (AvgIpc) is 1.86. The van der Waals surface area contributed by atoms with E-state index >= 15 is 0 Å². The van der Waals surface area contributed by atoms with Crippen molar-refractivity contribution >= 4 is 10.1 Å². The summed E-state index contributed by atoms with van der Waals surface area (Å²) in [5, 5.41) is 8.17. The van der Waals surface area contributed by atoms with Crippen LogP contribution >= 0.6 is 0 Å². The SMILES string of the molecule is C=C(O)CC.CCCS(=O)(=O)O. The van der Waals surface area contributed by atoms with Gasteiger partial charge in [-0.2, -0.15) is 8.42 Å². The van der Waals surface area contributed by atoms with E-state index in [1.807, 2.05) is 6.92 Å². The fourth-order valence-corrected chi connectivity index (χ4v) is 0.774. The second-order valence-corrected chi connectivity index (χ2v) is 3.78. The summed E-state index contributed by atoms with van der Waals surface area (Å²) in [7, 11) is -3.67. The summed E-state index contributed by atoms with van der Waals surface area (Å²) >= 11 is 0. The summed E-state index contributed by atoms with van der Waals surface area (Å²) in [6.07, 6.45) is 1.14. The second-order valence-electron chi connectivity index (χ2n) is 2.21. The highest BCUT2D eigenvalue weighted by molar-refractivity contribution is 7.85. The maximum atomic E-state index is 9.79. The molecule has 0 aromatic rings. The smallest absolute Gasteiger partial charge is 0.264 e. The van der Waals surface area contributed by atoms with Gasteiger partial charge in [0.05, 0.1) is 11.5 Å². The minimum atomic E-state index is -3.67. The lowest BCUT2D eigenvalue weighted by atomic mass is 10.4. The fourth-order valence-electron chi connectivity index (χ4n) is 0.258. The molecule has 5 heteroatoms. The molecule has 0 radical (unpaired) electrons. The fraction of sp³-hybridized carbons (Fsp3) is 0.714. The largest absolute Gasteiger partial charge is 0.513 e. The van der Waals surface area contributed by atoms with E-state index in [1.54, 1.807) is 6.92 Å². The van der Waals surface area contributed by atoms with Crippen LogP contribution in [0.4, 0.5) is 0 Å². The van der Waals surface area contributed by atoms with Gasteiger partial charge in [-0.05, 0) is 6.42 Å². The maximum Gasteiger partial charge on any atom is 0.264 e. The Kier molecular flexibility index (Phi) is 8.31. The third-order valence-corrected chi connectivity index (χ3v) is 1.79. The van der Waals surface area contributed by atoms with E-state index < -0.39 is 10.1 Å². The van der Waals surface area contributed by atoms with Gasteiger partial charge in [0.1, 0.15) is 0 Å². The van der Waals surface area contributed by atoms with E-state index in [9.17, 15) is 8.42 Å². The van der Waals surface area contributed by atoms with Crippen molar-refractivity contribution in [3.8, 4) is 0 Å². The van der Waals surface area contributed by atoms with E-state index in [0.717, 1.165) is 0 Å². The molecular weight excluding hydrogens is 180 g/mol. The normalized spacial score (nSPS) is 9.92. The van der Waals surface area contributed by atoms with Crippen molar-refractivity contribution in [3.63, 3.8) is 0 Å². The first-order valence-corrected chi connectivity index (χ1v) is 5.26. The van der Waals surface area contributed by atoms with E-state index in [1.165, 1.54) is 0 Å². The first kappa shape index (κ1) is 14.0. The van der Waals surface area contributed by atoms with Gasteiger partial charge < -0.3 is 5.11 Å². The van der Waals surface area contributed by atoms with Gasteiger partial charge in [0.15, 0.2) is 0 Å². The van der Waals surface area contributed by atoms with Gasteiger partial charge in [-0.25, -0.2) is 0 Å². The molecule has 0 rings (SSSR count). The molecule has 12 heavy (non-hydrogen) atoms. The van der Waals surface area contributed by atoms with Gasteiger partial charge in [-0.15, -0.1) is 0 Å². The van der Waals surface area contributed by atoms with Gasteiger partial charge in [-0.3, -0.25) is 4.55 Å². The zero-order valence-corrected chi connectivity index (χ0v) is 8.26. The van der Waals surface area contributed by atoms with Gasteiger partial charge in [0.25, 0.3) is 10.1 Å². The van der Waals surface area contributed by atoms with Crippen LogP contribution in [0.15, 0.2) is 12.3 Å². The summed E-state index contributed by atoms with van der Waals surface area (Å²) in [5.41, 5.74) is 0. The molecule has 0 aliphatic heterocycles. The van der Waals surface area contributed by atoms with Crippen LogP contribution in [-0.4, -0.2) is 23.8 Å². The molecule has 0 aromatic heterocycles. The predicted octanol–water partition coefficient (Wildman–Crippen LogP) is 1.75. The average molecular weight is 196 g/mol. The third kappa shape index (κ3) is 22.7. The van der Waals surface area contributed by atoms with Crippen molar-refractivity contribution < 1.29 is 18.1 Å². The molecule has 4 nitrogen and oxygen atoms in total. The van der Waals surface area contributed by atoms with Gasteiger partial charge in [0, 0.05) is 6.42 Å². The molecule has 0 amide bonds.